The van der Waals surface area contributed by atoms with Gasteiger partial charge in [-0.3, -0.25) is 4.99 Å². The van der Waals surface area contributed by atoms with Gasteiger partial charge in [-0.1, -0.05) is 18.6 Å². The first-order valence-corrected chi connectivity index (χ1v) is 12.2. The largest absolute Gasteiger partial charge is 0.355 e. The second kappa shape index (κ2) is 11.6. The summed E-state index contributed by atoms with van der Waals surface area (Å²) < 4.78 is 27.0. The van der Waals surface area contributed by atoms with E-state index >= 15 is 0 Å². The van der Waals surface area contributed by atoms with Gasteiger partial charge >= 0.3 is 0 Å². The summed E-state index contributed by atoms with van der Waals surface area (Å²) in [5.41, 5.74) is 1.03. The molecule has 1 unspecified atom stereocenters. The Morgan fingerprint density at radius 2 is 1.86 bits per heavy atom. The van der Waals surface area contributed by atoms with Crippen molar-refractivity contribution in [1.82, 2.24) is 14.9 Å². The Bertz CT molecular complexity index is 729. The second-order valence-electron chi connectivity index (χ2n) is 7.05. The third-order valence-corrected chi connectivity index (χ3v) is 8.39. The van der Waals surface area contributed by atoms with Crippen LogP contribution >= 0.6 is 35.7 Å². The zero-order valence-electron chi connectivity index (χ0n) is 16.4. The minimum atomic E-state index is -3.36. The molecule has 2 heterocycles. The lowest BCUT2D eigenvalue weighted by Gasteiger charge is -2.25. The summed E-state index contributed by atoms with van der Waals surface area (Å²) in [7, 11) is -1.59. The Balaban J connectivity index is 0.00000280. The van der Waals surface area contributed by atoms with Crippen molar-refractivity contribution in [3.63, 3.8) is 0 Å². The standard InChI is InChI=1S/C19H30N4O2S2.HI/c1-20-19(22-15-17-6-5-13-26-17)21-14-16-7-9-18(10-8-16)27(24,25)23-11-3-2-4-12-23;/h7-10,17H,2-6,11-15H2,1H3,(H2,20,21,22);1H. The summed E-state index contributed by atoms with van der Waals surface area (Å²) in [5.74, 6) is 2.04. The lowest BCUT2D eigenvalue weighted by molar-refractivity contribution is 0.346. The number of guanidine groups is 1. The summed E-state index contributed by atoms with van der Waals surface area (Å²) in [6.45, 7) is 2.80. The molecule has 0 saturated carbocycles. The number of aliphatic imine (C=N–C) groups is 1. The van der Waals surface area contributed by atoms with Gasteiger partial charge in [0.25, 0.3) is 0 Å². The summed E-state index contributed by atoms with van der Waals surface area (Å²) >= 11 is 2.02. The highest BCUT2D eigenvalue weighted by Gasteiger charge is 2.25. The molecule has 0 radical (unpaired) electrons. The van der Waals surface area contributed by atoms with E-state index in [0.29, 0.717) is 29.8 Å². The van der Waals surface area contributed by atoms with Gasteiger partial charge in [0.1, 0.15) is 0 Å². The number of nitrogens with one attached hydrogen (secondary N) is 2. The third-order valence-electron chi connectivity index (χ3n) is 5.08. The summed E-state index contributed by atoms with van der Waals surface area (Å²) in [5, 5.41) is 7.35. The average Bonchev–Trinajstić information content (AvgIpc) is 3.23. The van der Waals surface area contributed by atoms with Gasteiger partial charge in [0, 0.05) is 38.5 Å². The van der Waals surface area contributed by atoms with Crippen molar-refractivity contribution >= 4 is 51.7 Å². The number of benzene rings is 1. The molecule has 9 heteroatoms. The summed E-state index contributed by atoms with van der Waals surface area (Å²) in [4.78, 5) is 4.65. The number of piperidine rings is 1. The van der Waals surface area contributed by atoms with E-state index in [4.69, 9.17) is 0 Å². The molecule has 1 aromatic carbocycles. The highest BCUT2D eigenvalue weighted by atomic mass is 127. The van der Waals surface area contributed by atoms with E-state index in [0.717, 1.165) is 37.3 Å². The normalized spacial score (nSPS) is 21.2. The number of halogens is 1. The predicted molar refractivity (Wildman–Crippen MR) is 128 cm³/mol. The second-order valence-corrected chi connectivity index (χ2v) is 10.4. The van der Waals surface area contributed by atoms with E-state index in [1.54, 1.807) is 23.5 Å². The number of thioether (sulfide) groups is 1. The number of hydrogen-bond donors (Lipinski definition) is 2. The van der Waals surface area contributed by atoms with Gasteiger partial charge in [0.15, 0.2) is 5.96 Å². The zero-order chi connectivity index (χ0) is 19.1. The molecule has 0 spiro atoms. The Hall–Kier alpha value is -0.520. The average molecular weight is 539 g/mol. The Morgan fingerprint density at radius 3 is 2.46 bits per heavy atom. The zero-order valence-corrected chi connectivity index (χ0v) is 20.4. The molecule has 0 amide bonds. The lowest BCUT2D eigenvalue weighted by atomic mass is 10.2. The lowest BCUT2D eigenvalue weighted by Crippen LogP contribution is -2.39. The SMILES string of the molecule is CN=C(NCc1ccc(S(=O)(=O)N2CCCCC2)cc1)NCC1CCCS1.I. The van der Waals surface area contributed by atoms with Gasteiger partial charge in [0.2, 0.25) is 10.0 Å². The van der Waals surface area contributed by atoms with Crippen molar-refractivity contribution in [2.24, 2.45) is 4.99 Å². The van der Waals surface area contributed by atoms with E-state index in [1.807, 2.05) is 23.9 Å². The molecule has 3 rings (SSSR count). The molecule has 0 bridgehead atoms. The Kier molecular flexibility index (Phi) is 9.85. The molecule has 0 aliphatic carbocycles. The molecule has 2 saturated heterocycles. The molecular formula is C19H31IN4O2S2. The quantitative estimate of drug-likeness (QED) is 0.331. The van der Waals surface area contributed by atoms with Crippen LogP contribution in [-0.2, 0) is 16.6 Å². The molecule has 2 fully saturated rings. The van der Waals surface area contributed by atoms with Crippen LogP contribution in [0.3, 0.4) is 0 Å². The maximum absolute atomic E-state index is 12.7. The molecule has 6 nitrogen and oxygen atoms in total. The monoisotopic (exact) mass is 538 g/mol. The maximum Gasteiger partial charge on any atom is 0.243 e. The fourth-order valence-electron chi connectivity index (χ4n) is 3.46. The smallest absolute Gasteiger partial charge is 0.243 e. The van der Waals surface area contributed by atoms with Crippen molar-refractivity contribution in [3.8, 4) is 0 Å². The van der Waals surface area contributed by atoms with Crippen LogP contribution in [0.2, 0.25) is 0 Å². The van der Waals surface area contributed by atoms with Crippen molar-refractivity contribution in [3.05, 3.63) is 29.8 Å². The fourth-order valence-corrected chi connectivity index (χ4v) is 6.17. The first kappa shape index (κ1) is 23.8. The fraction of sp³-hybridized carbons (Fsp3) is 0.632. The highest BCUT2D eigenvalue weighted by Crippen LogP contribution is 2.25. The maximum atomic E-state index is 12.7. The summed E-state index contributed by atoms with van der Waals surface area (Å²) in [6, 6.07) is 7.19. The minimum Gasteiger partial charge on any atom is -0.355 e. The Morgan fingerprint density at radius 1 is 1.14 bits per heavy atom. The van der Waals surface area contributed by atoms with Gasteiger partial charge in [-0.15, -0.1) is 24.0 Å². The van der Waals surface area contributed by atoms with E-state index in [9.17, 15) is 8.42 Å². The van der Waals surface area contributed by atoms with Gasteiger partial charge in [-0.25, -0.2) is 8.42 Å². The predicted octanol–water partition coefficient (Wildman–Crippen LogP) is 3.04. The van der Waals surface area contributed by atoms with Crippen LogP contribution in [0.1, 0.15) is 37.7 Å². The van der Waals surface area contributed by atoms with E-state index in [-0.39, 0.29) is 24.0 Å². The topological polar surface area (TPSA) is 73.8 Å². The van der Waals surface area contributed by atoms with Gasteiger partial charge in [-0.05, 0) is 49.1 Å². The third kappa shape index (κ3) is 6.50. The van der Waals surface area contributed by atoms with Crippen LogP contribution in [-0.4, -0.2) is 56.4 Å². The molecule has 28 heavy (non-hydrogen) atoms. The van der Waals surface area contributed by atoms with E-state index in [1.165, 1.54) is 18.6 Å². The van der Waals surface area contributed by atoms with Crippen molar-refractivity contribution in [2.75, 3.05) is 32.4 Å². The number of hydrogen-bond acceptors (Lipinski definition) is 4. The van der Waals surface area contributed by atoms with Crippen LogP contribution in [0.25, 0.3) is 0 Å². The van der Waals surface area contributed by atoms with Crippen LogP contribution in [0, 0.1) is 0 Å². The summed E-state index contributed by atoms with van der Waals surface area (Å²) in [6.07, 6.45) is 5.59. The molecule has 2 aliphatic rings. The number of sulfonamides is 1. The molecule has 158 valence electrons. The first-order valence-electron chi connectivity index (χ1n) is 9.75. The molecular weight excluding hydrogens is 507 g/mol. The molecule has 2 N–H and O–H groups in total. The molecule has 1 atom stereocenters. The van der Waals surface area contributed by atoms with Crippen LogP contribution in [0.5, 0.6) is 0 Å². The molecule has 0 aromatic heterocycles. The number of nitrogens with zero attached hydrogens (tertiary/aromatic N) is 2. The van der Waals surface area contributed by atoms with Gasteiger partial charge in [-0.2, -0.15) is 16.1 Å². The van der Waals surface area contributed by atoms with E-state index in [2.05, 4.69) is 15.6 Å². The first-order chi connectivity index (χ1) is 13.1. The van der Waals surface area contributed by atoms with E-state index < -0.39 is 10.0 Å². The van der Waals surface area contributed by atoms with Crippen molar-refractivity contribution < 1.29 is 8.42 Å². The van der Waals surface area contributed by atoms with Gasteiger partial charge in [0.05, 0.1) is 4.90 Å². The number of rotatable bonds is 6. The van der Waals surface area contributed by atoms with Gasteiger partial charge < -0.3 is 10.6 Å². The Labute approximate surface area is 190 Å². The molecule has 2 aliphatic heterocycles. The minimum absolute atomic E-state index is 0. The van der Waals surface area contributed by atoms with Crippen molar-refractivity contribution in [1.29, 1.82) is 0 Å². The van der Waals surface area contributed by atoms with Crippen LogP contribution < -0.4 is 10.6 Å². The highest BCUT2D eigenvalue weighted by molar-refractivity contribution is 14.0. The van der Waals surface area contributed by atoms with Crippen molar-refractivity contribution in [2.45, 2.75) is 48.8 Å². The van der Waals surface area contributed by atoms with Crippen LogP contribution in [0.4, 0.5) is 0 Å². The van der Waals surface area contributed by atoms with Crippen LogP contribution in [0.15, 0.2) is 34.2 Å². The molecule has 1 aromatic rings.